The van der Waals surface area contributed by atoms with Gasteiger partial charge in [0.1, 0.15) is 5.75 Å². The summed E-state index contributed by atoms with van der Waals surface area (Å²) >= 11 is 0. The second-order valence-corrected chi connectivity index (χ2v) is 3.78. The molecule has 0 saturated heterocycles. The van der Waals surface area contributed by atoms with Crippen LogP contribution in [0.3, 0.4) is 0 Å². The zero-order valence-electron chi connectivity index (χ0n) is 10.1. The minimum absolute atomic E-state index is 0.00676. The van der Waals surface area contributed by atoms with Crippen molar-refractivity contribution in [3.63, 3.8) is 0 Å². The first-order chi connectivity index (χ1) is 8.24. The second-order valence-electron chi connectivity index (χ2n) is 3.78. The first kappa shape index (κ1) is 13.3. The third-order valence-electron chi connectivity index (χ3n) is 2.32. The number of rotatable bonds is 7. The molecule has 0 aliphatic heterocycles. The van der Waals surface area contributed by atoms with E-state index < -0.39 is 5.97 Å². The van der Waals surface area contributed by atoms with Gasteiger partial charge in [0, 0.05) is 0 Å². The van der Waals surface area contributed by atoms with Crippen LogP contribution in [0.5, 0.6) is 5.75 Å². The monoisotopic (exact) mass is 234 g/mol. The van der Waals surface area contributed by atoms with E-state index in [1.165, 1.54) is 0 Å². The lowest BCUT2D eigenvalue weighted by Crippen LogP contribution is -2.07. The number of carboxylic acid groups (broad SMARTS) is 1. The van der Waals surface area contributed by atoms with E-state index in [-0.39, 0.29) is 5.76 Å². The summed E-state index contributed by atoms with van der Waals surface area (Å²) in [6.45, 7) is 2.11. The molecule has 0 spiro atoms. The SMILES string of the molecule is CCCCCC=C(Oc1ccccc1)C(=O)O. The molecule has 3 heteroatoms. The van der Waals surface area contributed by atoms with Gasteiger partial charge in [-0.2, -0.15) is 0 Å². The van der Waals surface area contributed by atoms with Crippen LogP contribution in [0.2, 0.25) is 0 Å². The normalized spacial score (nSPS) is 11.2. The smallest absolute Gasteiger partial charge is 0.371 e. The van der Waals surface area contributed by atoms with E-state index in [9.17, 15) is 4.79 Å². The van der Waals surface area contributed by atoms with Crippen molar-refractivity contribution >= 4 is 5.97 Å². The van der Waals surface area contributed by atoms with Crippen LogP contribution in [0, 0.1) is 0 Å². The van der Waals surface area contributed by atoms with E-state index >= 15 is 0 Å². The predicted octanol–water partition coefficient (Wildman–Crippen LogP) is 3.61. The minimum atomic E-state index is -1.02. The molecule has 1 N–H and O–H groups in total. The maximum Gasteiger partial charge on any atom is 0.371 e. The van der Waals surface area contributed by atoms with E-state index in [2.05, 4.69) is 6.92 Å². The van der Waals surface area contributed by atoms with Gasteiger partial charge in [0.25, 0.3) is 0 Å². The molecule has 0 radical (unpaired) electrons. The van der Waals surface area contributed by atoms with Crippen LogP contribution in [0.15, 0.2) is 42.2 Å². The van der Waals surface area contributed by atoms with Crippen molar-refractivity contribution in [1.29, 1.82) is 0 Å². The zero-order valence-corrected chi connectivity index (χ0v) is 10.1. The summed E-state index contributed by atoms with van der Waals surface area (Å²) in [4.78, 5) is 11.0. The average molecular weight is 234 g/mol. The van der Waals surface area contributed by atoms with E-state index in [1.807, 2.05) is 18.2 Å². The number of hydrogen-bond donors (Lipinski definition) is 1. The Morgan fingerprint density at radius 1 is 1.29 bits per heavy atom. The molecule has 92 valence electrons. The average Bonchev–Trinajstić information content (AvgIpc) is 2.34. The molecule has 0 heterocycles. The summed E-state index contributed by atoms with van der Waals surface area (Å²) in [5.41, 5.74) is 0. The van der Waals surface area contributed by atoms with Crippen LogP contribution in [0.4, 0.5) is 0 Å². The predicted molar refractivity (Wildman–Crippen MR) is 66.9 cm³/mol. The highest BCUT2D eigenvalue weighted by atomic mass is 16.5. The zero-order chi connectivity index (χ0) is 12.5. The summed E-state index contributed by atoms with van der Waals surface area (Å²) in [6.07, 6.45) is 5.60. The topological polar surface area (TPSA) is 46.5 Å². The first-order valence-electron chi connectivity index (χ1n) is 5.90. The van der Waals surface area contributed by atoms with E-state index in [4.69, 9.17) is 9.84 Å². The number of ether oxygens (including phenoxy) is 1. The van der Waals surface area contributed by atoms with Crippen LogP contribution in [-0.2, 0) is 4.79 Å². The Balaban J connectivity index is 2.57. The van der Waals surface area contributed by atoms with Crippen molar-refractivity contribution in [3.8, 4) is 5.75 Å². The highest BCUT2D eigenvalue weighted by molar-refractivity contribution is 5.84. The van der Waals surface area contributed by atoms with Crippen LogP contribution in [0.1, 0.15) is 32.6 Å². The maximum atomic E-state index is 11.0. The number of carboxylic acids is 1. The van der Waals surface area contributed by atoms with E-state index in [0.717, 1.165) is 25.7 Å². The van der Waals surface area contributed by atoms with Crippen molar-refractivity contribution in [1.82, 2.24) is 0 Å². The summed E-state index contributed by atoms with van der Waals surface area (Å²) in [6, 6.07) is 8.96. The lowest BCUT2D eigenvalue weighted by Gasteiger charge is -2.05. The molecule has 1 aromatic carbocycles. The van der Waals surface area contributed by atoms with Gasteiger partial charge >= 0.3 is 5.97 Å². The third-order valence-corrected chi connectivity index (χ3v) is 2.32. The Bertz CT molecular complexity index is 368. The molecular formula is C14H18O3. The van der Waals surface area contributed by atoms with Gasteiger partial charge in [0.2, 0.25) is 5.76 Å². The van der Waals surface area contributed by atoms with Gasteiger partial charge in [-0.15, -0.1) is 0 Å². The van der Waals surface area contributed by atoms with Gasteiger partial charge in [-0.3, -0.25) is 0 Å². The largest absolute Gasteiger partial charge is 0.475 e. The summed E-state index contributed by atoms with van der Waals surface area (Å²) < 4.78 is 5.32. The van der Waals surface area contributed by atoms with Crippen LogP contribution < -0.4 is 4.74 Å². The van der Waals surface area contributed by atoms with Gasteiger partial charge in [0.15, 0.2) is 0 Å². The Morgan fingerprint density at radius 3 is 2.59 bits per heavy atom. The Kier molecular flexibility index (Phi) is 5.86. The van der Waals surface area contributed by atoms with Crippen LogP contribution in [0.25, 0.3) is 0 Å². The van der Waals surface area contributed by atoms with Crippen LogP contribution in [-0.4, -0.2) is 11.1 Å². The highest BCUT2D eigenvalue weighted by Crippen LogP contribution is 2.14. The number of allylic oxidation sites excluding steroid dienone is 1. The lowest BCUT2D eigenvalue weighted by molar-refractivity contribution is -0.135. The van der Waals surface area contributed by atoms with Crippen molar-refractivity contribution in [2.45, 2.75) is 32.6 Å². The molecule has 0 bridgehead atoms. The van der Waals surface area contributed by atoms with Gasteiger partial charge in [0.05, 0.1) is 0 Å². The molecule has 1 rings (SSSR count). The molecule has 3 nitrogen and oxygen atoms in total. The Hall–Kier alpha value is -1.77. The molecule has 0 amide bonds. The molecule has 0 atom stereocenters. The quantitative estimate of drug-likeness (QED) is 0.445. The molecule has 0 aromatic heterocycles. The summed E-state index contributed by atoms with van der Waals surface area (Å²) in [5, 5.41) is 9.00. The Labute approximate surface area is 102 Å². The highest BCUT2D eigenvalue weighted by Gasteiger charge is 2.08. The number of benzene rings is 1. The van der Waals surface area contributed by atoms with Gasteiger partial charge in [-0.05, 0) is 31.1 Å². The Morgan fingerprint density at radius 2 is 2.00 bits per heavy atom. The van der Waals surface area contributed by atoms with Gasteiger partial charge in [-0.1, -0.05) is 38.0 Å². The van der Waals surface area contributed by atoms with E-state index in [0.29, 0.717) is 5.75 Å². The van der Waals surface area contributed by atoms with Crippen molar-refractivity contribution in [2.24, 2.45) is 0 Å². The number of unbranched alkanes of at least 4 members (excludes halogenated alkanes) is 3. The summed E-state index contributed by atoms with van der Waals surface area (Å²) in [7, 11) is 0. The fourth-order valence-electron chi connectivity index (χ4n) is 1.42. The second kappa shape index (κ2) is 7.49. The third kappa shape index (κ3) is 5.20. The molecule has 0 aliphatic rings. The number of carbonyl (C=O) groups is 1. The number of aliphatic carboxylic acids is 1. The number of hydrogen-bond acceptors (Lipinski definition) is 2. The number of para-hydroxylation sites is 1. The lowest BCUT2D eigenvalue weighted by atomic mass is 10.2. The maximum absolute atomic E-state index is 11.0. The van der Waals surface area contributed by atoms with Crippen molar-refractivity contribution in [2.75, 3.05) is 0 Å². The fraction of sp³-hybridized carbons (Fsp3) is 0.357. The molecule has 0 aliphatic carbocycles. The minimum Gasteiger partial charge on any atom is -0.475 e. The molecule has 17 heavy (non-hydrogen) atoms. The van der Waals surface area contributed by atoms with Gasteiger partial charge < -0.3 is 9.84 Å². The van der Waals surface area contributed by atoms with Crippen molar-refractivity contribution < 1.29 is 14.6 Å². The molecule has 1 aromatic rings. The molecule has 0 saturated carbocycles. The van der Waals surface area contributed by atoms with E-state index in [1.54, 1.807) is 18.2 Å². The van der Waals surface area contributed by atoms with Gasteiger partial charge in [-0.25, -0.2) is 4.79 Å². The van der Waals surface area contributed by atoms with Crippen LogP contribution >= 0.6 is 0 Å². The molecule has 0 unspecified atom stereocenters. The van der Waals surface area contributed by atoms with Crippen molar-refractivity contribution in [3.05, 3.63) is 42.2 Å². The first-order valence-corrected chi connectivity index (χ1v) is 5.90. The molecular weight excluding hydrogens is 216 g/mol. The fourth-order valence-corrected chi connectivity index (χ4v) is 1.42. The molecule has 0 fully saturated rings. The standard InChI is InChI=1S/C14H18O3/c1-2-3-4-8-11-13(14(15)16)17-12-9-6-5-7-10-12/h5-7,9-11H,2-4,8H2,1H3,(H,15,16). The summed E-state index contributed by atoms with van der Waals surface area (Å²) in [5.74, 6) is -0.464.